The second-order valence-corrected chi connectivity index (χ2v) is 2.28. The van der Waals surface area contributed by atoms with Crippen LogP contribution in [0.2, 0.25) is 0 Å². The summed E-state index contributed by atoms with van der Waals surface area (Å²) in [7, 11) is 0. The molecule has 0 spiro atoms. The molecule has 0 radical (unpaired) electrons. The van der Waals surface area contributed by atoms with Crippen LogP contribution in [0, 0.1) is 0 Å². The van der Waals surface area contributed by atoms with E-state index in [2.05, 4.69) is 5.10 Å². The highest BCUT2D eigenvalue weighted by molar-refractivity contribution is 6.05. The first-order valence-electron chi connectivity index (χ1n) is 3.43. The molecule has 0 aliphatic carbocycles. The number of halogens is 2. The molecular weight excluding hydrogens is 198 g/mol. The van der Waals surface area contributed by atoms with Crippen LogP contribution in [0.1, 0.15) is 12.1 Å². The third-order valence-electron chi connectivity index (χ3n) is 1.47. The summed E-state index contributed by atoms with van der Waals surface area (Å²) >= 11 is 0. The number of carbonyl (C=O) groups is 2. The SMILES string of the molecule is NC(=O)N(C=O)c1cn[nH]c1C(F)F. The number of imide groups is 1. The maximum Gasteiger partial charge on any atom is 0.326 e. The predicted molar refractivity (Wildman–Crippen MR) is 41.7 cm³/mol. The summed E-state index contributed by atoms with van der Waals surface area (Å²) in [6.45, 7) is 0. The lowest BCUT2D eigenvalue weighted by molar-refractivity contribution is -0.106. The van der Waals surface area contributed by atoms with Gasteiger partial charge in [-0.3, -0.25) is 9.89 Å². The quantitative estimate of drug-likeness (QED) is 0.697. The zero-order chi connectivity index (χ0) is 10.7. The highest BCUT2D eigenvalue weighted by Gasteiger charge is 2.22. The van der Waals surface area contributed by atoms with E-state index in [0.29, 0.717) is 4.90 Å². The number of rotatable bonds is 3. The predicted octanol–water partition coefficient (Wildman–Crippen LogP) is 0.389. The lowest BCUT2D eigenvalue weighted by Crippen LogP contribution is -2.34. The second kappa shape index (κ2) is 3.81. The Balaban J connectivity index is 3.10. The molecule has 0 saturated heterocycles. The van der Waals surface area contributed by atoms with Gasteiger partial charge in [0.1, 0.15) is 11.4 Å². The van der Waals surface area contributed by atoms with Crippen LogP contribution in [0.15, 0.2) is 6.20 Å². The number of urea groups is 1. The zero-order valence-electron chi connectivity index (χ0n) is 6.78. The number of hydrogen-bond acceptors (Lipinski definition) is 3. The lowest BCUT2D eigenvalue weighted by Gasteiger charge is -2.11. The van der Waals surface area contributed by atoms with Gasteiger partial charge >= 0.3 is 6.03 Å². The van der Waals surface area contributed by atoms with Crippen molar-refractivity contribution in [2.75, 3.05) is 4.90 Å². The first-order valence-corrected chi connectivity index (χ1v) is 3.43. The summed E-state index contributed by atoms with van der Waals surface area (Å²) in [5, 5.41) is 5.25. The van der Waals surface area contributed by atoms with Crippen LogP contribution in [-0.2, 0) is 4.79 Å². The number of aromatic nitrogens is 2. The van der Waals surface area contributed by atoms with Crippen molar-refractivity contribution in [3.8, 4) is 0 Å². The Labute approximate surface area is 76.7 Å². The van der Waals surface area contributed by atoms with Gasteiger partial charge in [-0.15, -0.1) is 0 Å². The second-order valence-electron chi connectivity index (χ2n) is 2.28. The normalized spacial score (nSPS) is 10.2. The molecule has 0 saturated carbocycles. The minimum Gasteiger partial charge on any atom is -0.351 e. The number of amides is 3. The lowest BCUT2D eigenvalue weighted by atomic mass is 10.3. The average molecular weight is 204 g/mol. The molecule has 1 aromatic rings. The van der Waals surface area contributed by atoms with Gasteiger partial charge in [0.05, 0.1) is 6.20 Å². The highest BCUT2D eigenvalue weighted by Crippen LogP contribution is 2.26. The standard InChI is InChI=1S/C6H6F2N4O2/c7-5(8)4-3(1-10-11-4)12(2-13)6(9)14/h1-2,5H,(H2,9,14)(H,10,11). The summed E-state index contributed by atoms with van der Waals surface area (Å²) in [6, 6.07) is -1.15. The fourth-order valence-electron chi connectivity index (χ4n) is 0.870. The summed E-state index contributed by atoms with van der Waals surface area (Å²) < 4.78 is 24.5. The molecule has 0 fully saturated rings. The van der Waals surface area contributed by atoms with Crippen LogP contribution in [-0.4, -0.2) is 22.6 Å². The van der Waals surface area contributed by atoms with Gasteiger partial charge in [-0.05, 0) is 0 Å². The number of H-pyrrole nitrogens is 1. The van der Waals surface area contributed by atoms with Crippen molar-refractivity contribution in [2.45, 2.75) is 6.43 Å². The summed E-state index contributed by atoms with van der Waals surface area (Å²) in [4.78, 5) is 21.3. The number of carbonyl (C=O) groups excluding carboxylic acids is 2. The number of hydrogen-bond donors (Lipinski definition) is 2. The van der Waals surface area contributed by atoms with Crippen LogP contribution in [0.4, 0.5) is 19.3 Å². The first-order chi connectivity index (χ1) is 6.57. The van der Waals surface area contributed by atoms with Crippen LogP contribution in [0.25, 0.3) is 0 Å². The number of nitrogens with one attached hydrogen (secondary N) is 1. The maximum atomic E-state index is 12.3. The van der Waals surface area contributed by atoms with Crippen molar-refractivity contribution >= 4 is 18.1 Å². The Morgan fingerprint density at radius 1 is 1.71 bits per heavy atom. The monoisotopic (exact) mass is 204 g/mol. The minimum absolute atomic E-state index is 0.0407. The van der Waals surface area contributed by atoms with Gasteiger partial charge in [0.25, 0.3) is 6.43 Å². The van der Waals surface area contributed by atoms with Crippen LogP contribution < -0.4 is 10.6 Å². The number of alkyl halides is 2. The topological polar surface area (TPSA) is 92.1 Å². The van der Waals surface area contributed by atoms with Crippen molar-refractivity contribution in [2.24, 2.45) is 5.73 Å². The van der Waals surface area contributed by atoms with Crippen molar-refractivity contribution < 1.29 is 18.4 Å². The Bertz CT molecular complexity index is 351. The van der Waals surface area contributed by atoms with E-state index in [-0.39, 0.29) is 12.1 Å². The van der Waals surface area contributed by atoms with Gasteiger partial charge in [-0.1, -0.05) is 0 Å². The van der Waals surface area contributed by atoms with E-state index in [9.17, 15) is 18.4 Å². The zero-order valence-corrected chi connectivity index (χ0v) is 6.78. The van der Waals surface area contributed by atoms with Crippen molar-refractivity contribution in [1.29, 1.82) is 0 Å². The van der Waals surface area contributed by atoms with E-state index in [1.807, 2.05) is 5.10 Å². The minimum atomic E-state index is -2.87. The molecule has 0 bridgehead atoms. The molecule has 0 atom stereocenters. The van der Waals surface area contributed by atoms with Gasteiger partial charge in [-0.25, -0.2) is 18.5 Å². The van der Waals surface area contributed by atoms with E-state index in [1.165, 1.54) is 0 Å². The molecule has 0 aliphatic heterocycles. The van der Waals surface area contributed by atoms with Crippen LogP contribution in [0.3, 0.4) is 0 Å². The maximum absolute atomic E-state index is 12.3. The van der Waals surface area contributed by atoms with Crippen LogP contribution >= 0.6 is 0 Å². The number of aromatic amines is 1. The van der Waals surface area contributed by atoms with Crippen molar-refractivity contribution in [3.05, 3.63) is 11.9 Å². The van der Waals surface area contributed by atoms with E-state index in [0.717, 1.165) is 6.20 Å². The first kappa shape index (κ1) is 10.1. The average Bonchev–Trinajstić information content (AvgIpc) is 2.53. The van der Waals surface area contributed by atoms with E-state index in [1.54, 1.807) is 0 Å². The third kappa shape index (κ3) is 1.68. The highest BCUT2D eigenvalue weighted by atomic mass is 19.3. The van der Waals surface area contributed by atoms with Gasteiger partial charge in [0.2, 0.25) is 6.41 Å². The number of primary amides is 1. The Hall–Kier alpha value is -1.99. The molecule has 76 valence electrons. The third-order valence-corrected chi connectivity index (χ3v) is 1.47. The largest absolute Gasteiger partial charge is 0.351 e. The number of nitrogens with zero attached hydrogens (tertiary/aromatic N) is 2. The van der Waals surface area contributed by atoms with E-state index < -0.39 is 18.2 Å². The number of anilines is 1. The number of nitrogens with two attached hydrogens (primary N) is 1. The molecule has 6 nitrogen and oxygen atoms in total. The fourth-order valence-corrected chi connectivity index (χ4v) is 0.870. The molecular formula is C6H6F2N4O2. The summed E-state index contributed by atoms with van der Waals surface area (Å²) in [5.41, 5.74) is 3.80. The van der Waals surface area contributed by atoms with E-state index in [4.69, 9.17) is 5.73 Å². The van der Waals surface area contributed by atoms with Gasteiger partial charge in [0.15, 0.2) is 0 Å². The Morgan fingerprint density at radius 3 is 2.79 bits per heavy atom. The van der Waals surface area contributed by atoms with Crippen LogP contribution in [0.5, 0.6) is 0 Å². The van der Waals surface area contributed by atoms with Gasteiger partial charge in [0, 0.05) is 0 Å². The summed E-state index contributed by atoms with van der Waals surface area (Å²) in [5.74, 6) is 0. The molecule has 0 aromatic carbocycles. The molecule has 1 heterocycles. The molecule has 1 rings (SSSR count). The van der Waals surface area contributed by atoms with Gasteiger partial charge in [-0.2, -0.15) is 5.10 Å². The molecule has 0 aliphatic rings. The van der Waals surface area contributed by atoms with E-state index >= 15 is 0 Å². The molecule has 1 aromatic heterocycles. The van der Waals surface area contributed by atoms with Crippen molar-refractivity contribution in [1.82, 2.24) is 10.2 Å². The molecule has 8 heteroatoms. The summed E-state index contributed by atoms with van der Waals surface area (Å²) in [6.07, 6.45) is -1.91. The molecule has 3 N–H and O–H groups in total. The molecule has 3 amide bonds. The molecule has 14 heavy (non-hydrogen) atoms. The Kier molecular flexibility index (Phi) is 2.75. The Morgan fingerprint density at radius 2 is 2.36 bits per heavy atom. The molecule has 0 unspecified atom stereocenters. The van der Waals surface area contributed by atoms with Crippen molar-refractivity contribution in [3.63, 3.8) is 0 Å². The smallest absolute Gasteiger partial charge is 0.326 e. The van der Waals surface area contributed by atoms with Gasteiger partial charge < -0.3 is 5.73 Å². The fraction of sp³-hybridized carbons (Fsp3) is 0.167.